The van der Waals surface area contributed by atoms with E-state index >= 15 is 0 Å². The Morgan fingerprint density at radius 2 is 1.69 bits per heavy atom. The first kappa shape index (κ1) is 19.8. The van der Waals surface area contributed by atoms with Gasteiger partial charge >= 0.3 is 0 Å². The third-order valence-corrected chi connectivity index (χ3v) is 3.66. The molecule has 0 fully saturated rings. The first-order chi connectivity index (χ1) is 12.6. The predicted octanol–water partition coefficient (Wildman–Crippen LogP) is 3.01. The molecular formula is C19H21ClN2O4. The molecule has 0 aromatic heterocycles. The normalized spacial score (nSPS) is 10.2. The van der Waals surface area contributed by atoms with Crippen LogP contribution in [0.5, 0.6) is 5.75 Å². The molecule has 0 spiro atoms. The molecule has 2 amide bonds. The van der Waals surface area contributed by atoms with Crippen molar-refractivity contribution in [3.8, 4) is 5.75 Å². The number of methoxy groups -OCH3 is 1. The largest absolute Gasteiger partial charge is 0.489 e. The Morgan fingerprint density at radius 3 is 2.35 bits per heavy atom. The molecule has 26 heavy (non-hydrogen) atoms. The number of halogens is 1. The van der Waals surface area contributed by atoms with Crippen LogP contribution in [0.25, 0.3) is 0 Å². The molecule has 0 atom stereocenters. The third-order valence-electron chi connectivity index (χ3n) is 3.41. The van der Waals surface area contributed by atoms with Crippen LogP contribution in [0.4, 0.5) is 5.69 Å². The Labute approximate surface area is 157 Å². The van der Waals surface area contributed by atoms with Crippen LogP contribution < -0.4 is 15.4 Å². The minimum Gasteiger partial charge on any atom is -0.489 e. The van der Waals surface area contributed by atoms with Crippen LogP contribution in [-0.4, -0.2) is 32.1 Å². The Hall–Kier alpha value is -2.57. The van der Waals surface area contributed by atoms with E-state index in [0.717, 1.165) is 5.56 Å². The highest BCUT2D eigenvalue weighted by atomic mass is 35.5. The summed E-state index contributed by atoms with van der Waals surface area (Å²) < 4.78 is 10.5. The molecular weight excluding hydrogens is 356 g/mol. The number of benzene rings is 2. The van der Waals surface area contributed by atoms with Crippen LogP contribution >= 0.6 is 11.6 Å². The van der Waals surface area contributed by atoms with Crippen molar-refractivity contribution in [2.45, 2.75) is 13.0 Å². The highest BCUT2D eigenvalue weighted by Gasteiger charge is 2.09. The van der Waals surface area contributed by atoms with Crippen molar-refractivity contribution in [1.82, 2.24) is 5.32 Å². The fourth-order valence-electron chi connectivity index (χ4n) is 2.09. The zero-order chi connectivity index (χ0) is 18.8. The Kier molecular flexibility index (Phi) is 7.92. The summed E-state index contributed by atoms with van der Waals surface area (Å²) in [5.74, 6) is -0.0486. The van der Waals surface area contributed by atoms with Crippen LogP contribution in [0.3, 0.4) is 0 Å². The summed E-state index contributed by atoms with van der Waals surface area (Å²) in [6.07, 6.45) is -0.238. The molecule has 0 saturated heterocycles. The van der Waals surface area contributed by atoms with Crippen molar-refractivity contribution in [2.75, 3.05) is 25.6 Å². The number of rotatable bonds is 9. The maximum Gasteiger partial charge on any atom is 0.233 e. The summed E-state index contributed by atoms with van der Waals surface area (Å²) in [4.78, 5) is 23.4. The molecule has 2 rings (SSSR count). The van der Waals surface area contributed by atoms with Crippen LogP contribution in [0, 0.1) is 0 Å². The average Bonchev–Trinajstić information content (AvgIpc) is 2.62. The van der Waals surface area contributed by atoms with E-state index in [1.54, 1.807) is 31.4 Å². The predicted molar refractivity (Wildman–Crippen MR) is 100 cm³/mol. The summed E-state index contributed by atoms with van der Waals surface area (Å²) in [5, 5.41) is 5.94. The molecule has 0 bridgehead atoms. The molecule has 0 saturated carbocycles. The first-order valence-electron chi connectivity index (χ1n) is 8.09. The summed E-state index contributed by atoms with van der Waals surface area (Å²) in [6.45, 7) is 1.21. The Balaban J connectivity index is 1.76. The van der Waals surface area contributed by atoms with Crippen molar-refractivity contribution in [2.24, 2.45) is 0 Å². The van der Waals surface area contributed by atoms with E-state index in [9.17, 15) is 9.59 Å². The van der Waals surface area contributed by atoms with Gasteiger partial charge in [-0.2, -0.15) is 0 Å². The van der Waals surface area contributed by atoms with E-state index in [1.165, 1.54) is 0 Å². The Bertz CT molecular complexity index is 717. The van der Waals surface area contributed by atoms with Gasteiger partial charge < -0.3 is 20.1 Å². The quantitative estimate of drug-likeness (QED) is 0.521. The number of hydrogen-bond acceptors (Lipinski definition) is 4. The second kappa shape index (κ2) is 10.4. The van der Waals surface area contributed by atoms with E-state index in [0.29, 0.717) is 36.2 Å². The molecule has 2 aromatic carbocycles. The van der Waals surface area contributed by atoms with Gasteiger partial charge in [0.1, 0.15) is 18.8 Å². The van der Waals surface area contributed by atoms with Gasteiger partial charge in [0, 0.05) is 24.4 Å². The van der Waals surface area contributed by atoms with E-state index in [-0.39, 0.29) is 18.2 Å². The molecule has 6 nitrogen and oxygen atoms in total. The molecule has 0 radical (unpaired) electrons. The molecule has 0 aliphatic rings. The van der Waals surface area contributed by atoms with Gasteiger partial charge in [-0.15, -0.1) is 0 Å². The van der Waals surface area contributed by atoms with Gasteiger partial charge in [0.25, 0.3) is 0 Å². The Morgan fingerprint density at radius 1 is 1.00 bits per heavy atom. The lowest BCUT2D eigenvalue weighted by atomic mass is 10.2. The van der Waals surface area contributed by atoms with Crippen LogP contribution in [0.2, 0.25) is 5.02 Å². The molecule has 2 aromatic rings. The maximum atomic E-state index is 11.8. The molecule has 2 N–H and O–H groups in total. The highest BCUT2D eigenvalue weighted by molar-refractivity contribution is 6.30. The van der Waals surface area contributed by atoms with Crippen molar-refractivity contribution in [3.05, 3.63) is 59.1 Å². The standard InChI is InChI=1S/C19H21ClN2O4/c1-25-11-10-21-18(23)12-19(24)22-16-6-8-17(9-7-16)26-13-14-2-4-15(20)5-3-14/h2-9H,10-13H2,1H3,(H,21,23)(H,22,24). The summed E-state index contributed by atoms with van der Waals surface area (Å²) >= 11 is 5.84. The van der Waals surface area contributed by atoms with E-state index in [1.807, 2.05) is 24.3 Å². The molecule has 0 aliphatic heterocycles. The average molecular weight is 377 g/mol. The third kappa shape index (κ3) is 7.13. The zero-order valence-electron chi connectivity index (χ0n) is 14.5. The second-order valence-electron chi connectivity index (χ2n) is 5.51. The van der Waals surface area contributed by atoms with E-state index < -0.39 is 0 Å². The summed E-state index contributed by atoms with van der Waals surface area (Å²) in [6, 6.07) is 14.4. The molecule has 138 valence electrons. The topological polar surface area (TPSA) is 76.7 Å². The van der Waals surface area contributed by atoms with Gasteiger partial charge in [-0.1, -0.05) is 23.7 Å². The molecule has 0 unspecified atom stereocenters. The molecule has 7 heteroatoms. The minimum atomic E-state index is -0.380. The zero-order valence-corrected chi connectivity index (χ0v) is 15.2. The van der Waals surface area contributed by atoms with E-state index in [2.05, 4.69) is 10.6 Å². The van der Waals surface area contributed by atoms with Crippen molar-refractivity contribution in [1.29, 1.82) is 0 Å². The lowest BCUT2D eigenvalue weighted by molar-refractivity contribution is -0.126. The fourth-order valence-corrected chi connectivity index (χ4v) is 2.21. The minimum absolute atomic E-state index is 0.238. The smallest absolute Gasteiger partial charge is 0.233 e. The van der Waals surface area contributed by atoms with Crippen molar-refractivity contribution in [3.63, 3.8) is 0 Å². The number of anilines is 1. The monoisotopic (exact) mass is 376 g/mol. The van der Waals surface area contributed by atoms with Gasteiger partial charge in [-0.3, -0.25) is 9.59 Å². The van der Waals surface area contributed by atoms with Gasteiger partial charge in [-0.25, -0.2) is 0 Å². The molecule has 0 heterocycles. The van der Waals surface area contributed by atoms with Gasteiger partial charge in [0.15, 0.2) is 0 Å². The maximum absolute atomic E-state index is 11.8. The number of ether oxygens (including phenoxy) is 2. The summed E-state index contributed by atoms with van der Waals surface area (Å²) in [7, 11) is 1.54. The first-order valence-corrected chi connectivity index (χ1v) is 8.47. The molecule has 0 aliphatic carbocycles. The van der Waals surface area contributed by atoms with Crippen LogP contribution in [0.15, 0.2) is 48.5 Å². The number of amides is 2. The lowest BCUT2D eigenvalue weighted by Gasteiger charge is -2.09. The number of nitrogens with one attached hydrogen (secondary N) is 2. The lowest BCUT2D eigenvalue weighted by Crippen LogP contribution is -2.30. The number of carbonyl (C=O) groups is 2. The number of hydrogen-bond donors (Lipinski definition) is 2. The second-order valence-corrected chi connectivity index (χ2v) is 5.94. The van der Waals surface area contributed by atoms with Crippen molar-refractivity contribution >= 4 is 29.1 Å². The van der Waals surface area contributed by atoms with Crippen molar-refractivity contribution < 1.29 is 19.1 Å². The van der Waals surface area contributed by atoms with Gasteiger partial charge in [0.2, 0.25) is 11.8 Å². The number of carbonyl (C=O) groups excluding carboxylic acids is 2. The highest BCUT2D eigenvalue weighted by Crippen LogP contribution is 2.18. The van der Waals surface area contributed by atoms with E-state index in [4.69, 9.17) is 21.1 Å². The SMILES string of the molecule is COCCNC(=O)CC(=O)Nc1ccc(OCc2ccc(Cl)cc2)cc1. The van der Waals surface area contributed by atoms with Crippen LogP contribution in [-0.2, 0) is 20.9 Å². The van der Waals surface area contributed by atoms with Crippen LogP contribution in [0.1, 0.15) is 12.0 Å². The van der Waals surface area contributed by atoms with Gasteiger partial charge in [0.05, 0.1) is 6.61 Å². The van der Waals surface area contributed by atoms with Gasteiger partial charge in [-0.05, 0) is 42.0 Å². The summed E-state index contributed by atoms with van der Waals surface area (Å²) in [5.41, 5.74) is 1.60. The fraction of sp³-hybridized carbons (Fsp3) is 0.263.